The molecule has 0 N–H and O–H groups in total. The van der Waals surface area contributed by atoms with Gasteiger partial charge in [-0.3, -0.25) is 0 Å². The van der Waals surface area contributed by atoms with Crippen LogP contribution >= 0.6 is 0 Å². The summed E-state index contributed by atoms with van der Waals surface area (Å²) in [6, 6.07) is 19.6. The highest BCUT2D eigenvalue weighted by Crippen LogP contribution is 2.28. The topological polar surface area (TPSA) is 35.0 Å². The summed E-state index contributed by atoms with van der Waals surface area (Å²) in [6.07, 6.45) is 2.51. The molecular formula is C20H18N2O. The van der Waals surface area contributed by atoms with Crippen LogP contribution in [0.15, 0.2) is 73.3 Å². The molecule has 3 nitrogen and oxygen atoms in total. The molecule has 0 unspecified atom stereocenters. The van der Waals surface area contributed by atoms with Gasteiger partial charge in [-0.1, -0.05) is 54.6 Å². The highest BCUT2D eigenvalue weighted by molar-refractivity contribution is 5.56. The first kappa shape index (κ1) is 15.0. The Labute approximate surface area is 136 Å². The van der Waals surface area contributed by atoms with Gasteiger partial charge in [0.15, 0.2) is 5.82 Å². The molecule has 3 aromatic rings. The summed E-state index contributed by atoms with van der Waals surface area (Å²) in [5, 5.41) is 0. The van der Waals surface area contributed by atoms with Crippen molar-refractivity contribution >= 4 is 0 Å². The zero-order valence-corrected chi connectivity index (χ0v) is 13.1. The van der Waals surface area contributed by atoms with Gasteiger partial charge in [0, 0.05) is 16.8 Å². The third-order valence-corrected chi connectivity index (χ3v) is 3.51. The minimum Gasteiger partial charge on any atom is -0.439 e. The molecule has 0 atom stereocenters. The van der Waals surface area contributed by atoms with Crippen molar-refractivity contribution in [3.05, 3.63) is 84.6 Å². The van der Waals surface area contributed by atoms with E-state index in [4.69, 9.17) is 4.74 Å². The van der Waals surface area contributed by atoms with Gasteiger partial charge in [-0.2, -0.15) is 4.98 Å². The zero-order valence-electron chi connectivity index (χ0n) is 13.1. The van der Waals surface area contributed by atoms with Crippen molar-refractivity contribution in [1.29, 1.82) is 0 Å². The molecule has 0 saturated carbocycles. The average Bonchev–Trinajstić information content (AvgIpc) is 2.59. The summed E-state index contributed by atoms with van der Waals surface area (Å²) in [7, 11) is 0. The number of rotatable bonds is 5. The lowest BCUT2D eigenvalue weighted by Gasteiger charge is -2.13. The van der Waals surface area contributed by atoms with Crippen LogP contribution in [0.3, 0.4) is 0 Å². The lowest BCUT2D eigenvalue weighted by atomic mass is 10.1. The van der Waals surface area contributed by atoms with Crippen LogP contribution in [0.25, 0.3) is 11.4 Å². The minimum absolute atomic E-state index is 0.586. The second kappa shape index (κ2) is 6.88. The highest BCUT2D eigenvalue weighted by Gasteiger charge is 2.14. The first-order valence-electron chi connectivity index (χ1n) is 7.54. The maximum atomic E-state index is 6.01. The maximum absolute atomic E-state index is 6.01. The van der Waals surface area contributed by atoms with Crippen molar-refractivity contribution in [2.75, 3.05) is 0 Å². The SMILES string of the molecule is C=CCc1c(C)nc(-c2ccccc2)nc1Oc1ccccc1. The Hall–Kier alpha value is -2.94. The Kier molecular flexibility index (Phi) is 4.48. The first-order chi connectivity index (χ1) is 11.3. The molecule has 0 spiro atoms. The van der Waals surface area contributed by atoms with Gasteiger partial charge in [0.1, 0.15) is 5.75 Å². The third-order valence-electron chi connectivity index (χ3n) is 3.51. The highest BCUT2D eigenvalue weighted by atomic mass is 16.5. The number of hydrogen-bond acceptors (Lipinski definition) is 3. The predicted molar refractivity (Wildman–Crippen MR) is 92.6 cm³/mol. The molecule has 0 bridgehead atoms. The van der Waals surface area contributed by atoms with Crippen molar-refractivity contribution in [2.45, 2.75) is 13.3 Å². The van der Waals surface area contributed by atoms with Gasteiger partial charge in [-0.15, -0.1) is 6.58 Å². The molecule has 1 aromatic heterocycles. The van der Waals surface area contributed by atoms with Crippen molar-refractivity contribution in [1.82, 2.24) is 9.97 Å². The summed E-state index contributed by atoms with van der Waals surface area (Å²) in [5.74, 6) is 2.01. The Bertz CT molecular complexity index is 799. The van der Waals surface area contributed by atoms with Crippen LogP contribution in [0.2, 0.25) is 0 Å². The molecule has 114 valence electrons. The molecule has 0 aliphatic carbocycles. The standard InChI is InChI=1S/C20H18N2O/c1-3-10-18-15(2)21-19(16-11-6-4-7-12-16)22-20(18)23-17-13-8-5-9-14-17/h3-9,11-14H,1,10H2,2H3. The lowest BCUT2D eigenvalue weighted by molar-refractivity contribution is 0.456. The van der Waals surface area contributed by atoms with Crippen LogP contribution in [0.5, 0.6) is 11.6 Å². The van der Waals surface area contributed by atoms with Crippen LogP contribution in [0.1, 0.15) is 11.3 Å². The van der Waals surface area contributed by atoms with Gasteiger partial charge in [-0.25, -0.2) is 4.98 Å². The molecule has 23 heavy (non-hydrogen) atoms. The van der Waals surface area contributed by atoms with Crippen molar-refractivity contribution < 1.29 is 4.74 Å². The summed E-state index contributed by atoms with van der Waals surface area (Å²) in [5.41, 5.74) is 2.84. The van der Waals surface area contributed by atoms with E-state index in [-0.39, 0.29) is 0 Å². The molecule has 0 fully saturated rings. The monoisotopic (exact) mass is 302 g/mol. The Balaban J connectivity index is 2.07. The van der Waals surface area contributed by atoms with Gasteiger partial charge in [-0.05, 0) is 25.5 Å². The lowest BCUT2D eigenvalue weighted by Crippen LogP contribution is -2.02. The first-order valence-corrected chi connectivity index (χ1v) is 7.54. The average molecular weight is 302 g/mol. The molecule has 0 amide bonds. The number of nitrogens with zero attached hydrogens (tertiary/aromatic N) is 2. The summed E-state index contributed by atoms with van der Waals surface area (Å²) < 4.78 is 6.01. The predicted octanol–water partition coefficient (Wildman–Crippen LogP) is 4.97. The van der Waals surface area contributed by atoms with E-state index < -0.39 is 0 Å². The normalized spacial score (nSPS) is 10.3. The number of hydrogen-bond donors (Lipinski definition) is 0. The van der Waals surface area contributed by atoms with Crippen LogP contribution in [0.4, 0.5) is 0 Å². The van der Waals surface area contributed by atoms with Crippen LogP contribution in [-0.2, 0) is 6.42 Å². The van der Waals surface area contributed by atoms with E-state index >= 15 is 0 Å². The summed E-state index contributed by atoms with van der Waals surface area (Å²) in [4.78, 5) is 9.26. The fourth-order valence-corrected chi connectivity index (χ4v) is 2.35. The third kappa shape index (κ3) is 3.46. The minimum atomic E-state index is 0.586. The van der Waals surface area contributed by atoms with Crippen LogP contribution in [0, 0.1) is 6.92 Å². The number of aryl methyl sites for hydroxylation is 1. The number of para-hydroxylation sites is 1. The van der Waals surface area contributed by atoms with E-state index in [9.17, 15) is 0 Å². The van der Waals surface area contributed by atoms with Crippen molar-refractivity contribution in [2.24, 2.45) is 0 Å². The molecule has 0 radical (unpaired) electrons. The van der Waals surface area contributed by atoms with E-state index in [2.05, 4.69) is 16.5 Å². The Morgan fingerprint density at radius 1 is 0.957 bits per heavy atom. The Morgan fingerprint density at radius 2 is 1.61 bits per heavy atom. The molecule has 0 aliphatic rings. The molecule has 0 aliphatic heterocycles. The van der Waals surface area contributed by atoms with Gasteiger partial charge >= 0.3 is 0 Å². The summed E-state index contributed by atoms with van der Waals surface area (Å²) >= 11 is 0. The second-order valence-corrected chi connectivity index (χ2v) is 5.19. The number of benzene rings is 2. The van der Waals surface area contributed by atoms with Crippen molar-refractivity contribution in [3.63, 3.8) is 0 Å². The molecule has 3 heteroatoms. The van der Waals surface area contributed by atoms with E-state index in [1.807, 2.05) is 73.7 Å². The molecule has 0 saturated heterocycles. The molecule has 2 aromatic carbocycles. The smallest absolute Gasteiger partial charge is 0.226 e. The zero-order chi connectivity index (χ0) is 16.1. The quantitative estimate of drug-likeness (QED) is 0.624. The molecular weight excluding hydrogens is 284 g/mol. The summed E-state index contributed by atoms with van der Waals surface area (Å²) in [6.45, 7) is 5.79. The Morgan fingerprint density at radius 3 is 2.26 bits per heavy atom. The van der Waals surface area contributed by atoms with Gasteiger partial charge in [0.05, 0.1) is 0 Å². The fraction of sp³-hybridized carbons (Fsp3) is 0.100. The number of aromatic nitrogens is 2. The van der Waals surface area contributed by atoms with Crippen LogP contribution in [-0.4, -0.2) is 9.97 Å². The van der Waals surface area contributed by atoms with E-state index in [0.29, 0.717) is 18.1 Å². The van der Waals surface area contributed by atoms with Gasteiger partial charge < -0.3 is 4.74 Å². The maximum Gasteiger partial charge on any atom is 0.226 e. The van der Waals surface area contributed by atoms with Crippen LogP contribution < -0.4 is 4.74 Å². The van der Waals surface area contributed by atoms with E-state index in [1.54, 1.807) is 0 Å². The number of ether oxygens (including phenoxy) is 1. The van der Waals surface area contributed by atoms with E-state index in [1.165, 1.54) is 0 Å². The van der Waals surface area contributed by atoms with Gasteiger partial charge in [0.25, 0.3) is 0 Å². The fourth-order valence-electron chi connectivity index (χ4n) is 2.35. The molecule has 3 rings (SSSR count). The number of allylic oxidation sites excluding steroid dienone is 1. The second-order valence-electron chi connectivity index (χ2n) is 5.19. The van der Waals surface area contributed by atoms with E-state index in [0.717, 1.165) is 22.6 Å². The molecule has 1 heterocycles. The largest absolute Gasteiger partial charge is 0.439 e. The van der Waals surface area contributed by atoms with Gasteiger partial charge in [0.2, 0.25) is 5.88 Å². The van der Waals surface area contributed by atoms with Crippen molar-refractivity contribution in [3.8, 4) is 23.0 Å².